The molecule has 3 rings (SSSR count). The molecule has 128 valence electrons. The van der Waals surface area contributed by atoms with Crippen molar-refractivity contribution in [1.29, 1.82) is 0 Å². The van der Waals surface area contributed by atoms with Crippen molar-refractivity contribution in [3.8, 4) is 5.75 Å². The minimum Gasteiger partial charge on any atom is -0.481 e. The van der Waals surface area contributed by atoms with E-state index in [4.69, 9.17) is 4.74 Å². The molecule has 1 N–H and O–H groups in total. The lowest BCUT2D eigenvalue weighted by Gasteiger charge is -2.17. The van der Waals surface area contributed by atoms with Crippen molar-refractivity contribution in [3.63, 3.8) is 0 Å². The van der Waals surface area contributed by atoms with Crippen LogP contribution in [-0.4, -0.2) is 21.8 Å². The molecular formula is C20H21N3O2. The summed E-state index contributed by atoms with van der Waals surface area (Å²) in [4.78, 5) is 12.6. The Kier molecular flexibility index (Phi) is 5.46. The third kappa shape index (κ3) is 4.47. The van der Waals surface area contributed by atoms with Crippen LogP contribution in [0.1, 0.15) is 18.9 Å². The summed E-state index contributed by atoms with van der Waals surface area (Å²) < 4.78 is 7.56. The van der Waals surface area contributed by atoms with Crippen LogP contribution in [-0.2, 0) is 11.3 Å². The second-order valence-electron chi connectivity index (χ2n) is 5.68. The Balaban J connectivity index is 1.67. The van der Waals surface area contributed by atoms with Crippen molar-refractivity contribution >= 4 is 11.7 Å². The second-order valence-corrected chi connectivity index (χ2v) is 5.68. The summed E-state index contributed by atoms with van der Waals surface area (Å²) in [5, 5.41) is 7.21. The molecule has 2 aromatic carbocycles. The third-order valence-electron chi connectivity index (χ3n) is 3.83. The average Bonchev–Trinajstić information content (AvgIpc) is 3.08. The number of rotatable bonds is 7. The number of nitrogens with one attached hydrogen (secondary N) is 1. The Hall–Kier alpha value is -3.08. The standard InChI is InChI=1S/C20H21N3O2/c1-2-18(25-17-11-7-4-8-12-17)20(24)22-19-13-14-21-23(19)15-16-9-5-3-6-10-16/h3-14,18H,2,15H2,1H3,(H,22,24)/t18-/m0/s1. The second kappa shape index (κ2) is 8.15. The van der Waals surface area contributed by atoms with Crippen molar-refractivity contribution in [3.05, 3.63) is 78.5 Å². The van der Waals surface area contributed by atoms with Crippen LogP contribution in [0.2, 0.25) is 0 Å². The highest BCUT2D eigenvalue weighted by Gasteiger charge is 2.19. The van der Waals surface area contributed by atoms with Crippen molar-refractivity contribution in [2.45, 2.75) is 26.0 Å². The Labute approximate surface area is 147 Å². The topological polar surface area (TPSA) is 56.1 Å². The SMILES string of the molecule is CC[C@H](Oc1ccccc1)C(=O)Nc1ccnn1Cc1ccccc1. The summed E-state index contributed by atoms with van der Waals surface area (Å²) in [7, 11) is 0. The van der Waals surface area contributed by atoms with Gasteiger partial charge in [-0.15, -0.1) is 0 Å². The maximum atomic E-state index is 12.6. The molecule has 0 spiro atoms. The lowest BCUT2D eigenvalue weighted by molar-refractivity contribution is -0.122. The van der Waals surface area contributed by atoms with Gasteiger partial charge >= 0.3 is 0 Å². The molecule has 0 bridgehead atoms. The summed E-state index contributed by atoms with van der Waals surface area (Å²) in [6, 6.07) is 21.2. The number of para-hydroxylation sites is 1. The maximum absolute atomic E-state index is 12.6. The molecule has 1 atom stereocenters. The quantitative estimate of drug-likeness (QED) is 0.716. The normalized spacial score (nSPS) is 11.7. The van der Waals surface area contributed by atoms with Crippen LogP contribution in [0.4, 0.5) is 5.82 Å². The van der Waals surface area contributed by atoms with E-state index in [1.165, 1.54) is 0 Å². The van der Waals surface area contributed by atoms with Gasteiger partial charge in [-0.05, 0) is 24.1 Å². The highest BCUT2D eigenvalue weighted by Crippen LogP contribution is 2.15. The van der Waals surface area contributed by atoms with Gasteiger partial charge in [-0.2, -0.15) is 5.10 Å². The molecule has 1 heterocycles. The number of ether oxygens (including phenoxy) is 1. The van der Waals surface area contributed by atoms with Gasteiger partial charge < -0.3 is 10.1 Å². The van der Waals surface area contributed by atoms with Crippen LogP contribution in [0.3, 0.4) is 0 Å². The first-order valence-electron chi connectivity index (χ1n) is 8.34. The molecule has 5 nitrogen and oxygen atoms in total. The predicted molar refractivity (Wildman–Crippen MR) is 97.5 cm³/mol. The van der Waals surface area contributed by atoms with E-state index in [1.54, 1.807) is 16.9 Å². The van der Waals surface area contributed by atoms with Gasteiger partial charge in [0, 0.05) is 6.07 Å². The molecule has 0 aliphatic carbocycles. The molecule has 25 heavy (non-hydrogen) atoms. The first-order valence-corrected chi connectivity index (χ1v) is 8.34. The maximum Gasteiger partial charge on any atom is 0.266 e. The fraction of sp³-hybridized carbons (Fsp3) is 0.200. The molecule has 0 aliphatic rings. The van der Waals surface area contributed by atoms with Gasteiger partial charge in [-0.3, -0.25) is 4.79 Å². The predicted octanol–water partition coefficient (Wildman–Crippen LogP) is 3.73. The summed E-state index contributed by atoms with van der Waals surface area (Å²) in [5.74, 6) is 1.16. The number of hydrogen-bond acceptors (Lipinski definition) is 3. The number of aromatic nitrogens is 2. The first kappa shape index (κ1) is 16.8. The number of anilines is 1. The van der Waals surface area contributed by atoms with E-state index < -0.39 is 6.10 Å². The molecule has 0 saturated carbocycles. The van der Waals surface area contributed by atoms with E-state index in [9.17, 15) is 4.79 Å². The van der Waals surface area contributed by atoms with Gasteiger partial charge in [0.05, 0.1) is 12.7 Å². The number of carbonyl (C=O) groups excluding carboxylic acids is 1. The number of benzene rings is 2. The molecule has 0 aliphatic heterocycles. The Morgan fingerprint density at radius 2 is 1.76 bits per heavy atom. The van der Waals surface area contributed by atoms with Gasteiger partial charge in [-0.1, -0.05) is 55.5 Å². The number of hydrogen-bond donors (Lipinski definition) is 1. The lowest BCUT2D eigenvalue weighted by atomic mass is 10.2. The van der Waals surface area contributed by atoms with Gasteiger partial charge in [0.15, 0.2) is 6.10 Å². The fourth-order valence-electron chi connectivity index (χ4n) is 2.51. The van der Waals surface area contributed by atoms with Crippen molar-refractivity contribution < 1.29 is 9.53 Å². The molecule has 0 fully saturated rings. The average molecular weight is 335 g/mol. The lowest BCUT2D eigenvalue weighted by Crippen LogP contribution is -2.33. The molecule has 0 saturated heterocycles. The van der Waals surface area contributed by atoms with Crippen molar-refractivity contribution in [1.82, 2.24) is 9.78 Å². The van der Waals surface area contributed by atoms with E-state index in [2.05, 4.69) is 10.4 Å². The van der Waals surface area contributed by atoms with Crippen LogP contribution < -0.4 is 10.1 Å². The van der Waals surface area contributed by atoms with E-state index in [-0.39, 0.29) is 5.91 Å². The fourth-order valence-corrected chi connectivity index (χ4v) is 2.51. The molecule has 1 amide bonds. The minimum absolute atomic E-state index is 0.179. The summed E-state index contributed by atoms with van der Waals surface area (Å²) >= 11 is 0. The zero-order valence-corrected chi connectivity index (χ0v) is 14.1. The van der Waals surface area contributed by atoms with E-state index in [1.807, 2.05) is 67.6 Å². The van der Waals surface area contributed by atoms with Gasteiger partial charge in [0.25, 0.3) is 5.91 Å². The number of amides is 1. The highest BCUT2D eigenvalue weighted by atomic mass is 16.5. The first-order chi connectivity index (χ1) is 12.3. The van der Waals surface area contributed by atoms with Crippen molar-refractivity contribution in [2.24, 2.45) is 0 Å². The number of nitrogens with zero attached hydrogens (tertiary/aromatic N) is 2. The Morgan fingerprint density at radius 3 is 2.44 bits per heavy atom. The van der Waals surface area contributed by atoms with Crippen LogP contribution in [0.15, 0.2) is 72.9 Å². The van der Waals surface area contributed by atoms with E-state index >= 15 is 0 Å². The number of carbonyl (C=O) groups is 1. The molecule has 5 heteroatoms. The summed E-state index contributed by atoms with van der Waals surface area (Å²) in [6.45, 7) is 2.52. The van der Waals surface area contributed by atoms with E-state index in [0.29, 0.717) is 24.5 Å². The monoisotopic (exact) mass is 335 g/mol. The van der Waals surface area contributed by atoms with Gasteiger partial charge in [0.1, 0.15) is 11.6 Å². The highest BCUT2D eigenvalue weighted by molar-refractivity contribution is 5.93. The Morgan fingerprint density at radius 1 is 1.08 bits per heavy atom. The molecular weight excluding hydrogens is 314 g/mol. The minimum atomic E-state index is -0.553. The molecule has 0 unspecified atom stereocenters. The zero-order chi connectivity index (χ0) is 17.5. The zero-order valence-electron chi connectivity index (χ0n) is 14.1. The molecule has 0 radical (unpaired) electrons. The van der Waals surface area contributed by atoms with E-state index in [0.717, 1.165) is 5.56 Å². The van der Waals surface area contributed by atoms with Gasteiger partial charge in [0.2, 0.25) is 0 Å². The summed E-state index contributed by atoms with van der Waals surface area (Å²) in [6.07, 6.45) is 1.70. The van der Waals surface area contributed by atoms with Crippen LogP contribution in [0.5, 0.6) is 5.75 Å². The van der Waals surface area contributed by atoms with Crippen LogP contribution in [0.25, 0.3) is 0 Å². The smallest absolute Gasteiger partial charge is 0.266 e. The largest absolute Gasteiger partial charge is 0.481 e. The molecule has 3 aromatic rings. The molecule has 1 aromatic heterocycles. The van der Waals surface area contributed by atoms with Crippen molar-refractivity contribution in [2.75, 3.05) is 5.32 Å². The van der Waals surface area contributed by atoms with Gasteiger partial charge in [-0.25, -0.2) is 4.68 Å². The summed E-state index contributed by atoms with van der Waals surface area (Å²) in [5.41, 5.74) is 1.12. The third-order valence-corrected chi connectivity index (χ3v) is 3.83. The Bertz CT molecular complexity index is 800. The van der Waals surface area contributed by atoms with Crippen LogP contribution >= 0.6 is 0 Å². The van der Waals surface area contributed by atoms with Crippen LogP contribution in [0, 0.1) is 0 Å².